The number of ether oxygens (including phenoxy) is 2. The van der Waals surface area contributed by atoms with E-state index in [1.165, 1.54) is 6.07 Å². The maximum absolute atomic E-state index is 13.0. The number of fused-ring (bicyclic) bond motifs is 1. The Hall–Kier alpha value is -2.83. The third kappa shape index (κ3) is 6.34. The first-order valence-corrected chi connectivity index (χ1v) is 10.2. The van der Waals surface area contributed by atoms with Gasteiger partial charge < -0.3 is 19.2 Å². The summed E-state index contributed by atoms with van der Waals surface area (Å²) in [7, 11) is 0. The van der Waals surface area contributed by atoms with Crippen molar-refractivity contribution in [2.75, 3.05) is 0 Å². The van der Waals surface area contributed by atoms with Crippen LogP contribution >= 0.6 is 0 Å². The molecule has 164 valence electrons. The van der Waals surface area contributed by atoms with Gasteiger partial charge in [0.2, 0.25) is 0 Å². The average Bonchev–Trinajstić information content (AvgIpc) is 2.57. The average molecular weight is 418 g/mol. The molecule has 2 rings (SSSR count). The summed E-state index contributed by atoms with van der Waals surface area (Å²) >= 11 is 0. The molecule has 1 aromatic carbocycles. The van der Waals surface area contributed by atoms with Gasteiger partial charge in [-0.2, -0.15) is 0 Å². The molecular weight excluding hydrogens is 386 g/mol. The number of rotatable bonds is 6. The normalized spacial score (nSPS) is 12.7. The van der Waals surface area contributed by atoms with E-state index in [4.69, 9.17) is 13.9 Å². The molecule has 1 N–H and O–H groups in total. The fourth-order valence-electron chi connectivity index (χ4n) is 3.14. The van der Waals surface area contributed by atoms with E-state index in [0.717, 1.165) is 11.1 Å². The van der Waals surface area contributed by atoms with Crippen molar-refractivity contribution in [1.29, 1.82) is 0 Å². The lowest BCUT2D eigenvalue weighted by Gasteiger charge is -2.24. The van der Waals surface area contributed by atoms with Crippen LogP contribution in [-0.2, 0) is 16.0 Å². The molecule has 1 heterocycles. The van der Waals surface area contributed by atoms with Gasteiger partial charge in [-0.25, -0.2) is 14.4 Å². The van der Waals surface area contributed by atoms with Crippen LogP contribution in [0, 0.1) is 12.8 Å². The molecule has 0 saturated heterocycles. The highest BCUT2D eigenvalue weighted by Gasteiger charge is 2.27. The molecule has 2 aromatic rings. The van der Waals surface area contributed by atoms with E-state index >= 15 is 0 Å². The molecule has 0 radical (unpaired) electrons. The Kier molecular flexibility index (Phi) is 7.29. The third-order valence-electron chi connectivity index (χ3n) is 4.31. The number of esters is 1. The van der Waals surface area contributed by atoms with Crippen LogP contribution in [0.25, 0.3) is 11.0 Å². The van der Waals surface area contributed by atoms with Gasteiger partial charge in [-0.15, -0.1) is 0 Å². The summed E-state index contributed by atoms with van der Waals surface area (Å²) < 4.78 is 16.3. The van der Waals surface area contributed by atoms with Crippen LogP contribution in [0.2, 0.25) is 0 Å². The van der Waals surface area contributed by atoms with E-state index in [1.54, 1.807) is 32.9 Å². The lowest BCUT2D eigenvalue weighted by atomic mass is 10.0. The molecule has 0 aliphatic heterocycles. The summed E-state index contributed by atoms with van der Waals surface area (Å²) in [6.07, 6.45) is 0.276. The Labute approximate surface area is 176 Å². The molecule has 30 heavy (non-hydrogen) atoms. The van der Waals surface area contributed by atoms with Crippen molar-refractivity contribution < 1.29 is 23.5 Å². The Balaban J connectivity index is 2.38. The van der Waals surface area contributed by atoms with E-state index in [0.29, 0.717) is 29.6 Å². The summed E-state index contributed by atoms with van der Waals surface area (Å²) in [5.41, 5.74) is 0.734. The number of alkyl carbamates (subject to hydrolysis) is 1. The minimum absolute atomic E-state index is 0.135. The van der Waals surface area contributed by atoms with Gasteiger partial charge >= 0.3 is 17.7 Å². The quantitative estimate of drug-likeness (QED) is 0.422. The monoisotopic (exact) mass is 417 g/mol. The van der Waals surface area contributed by atoms with Gasteiger partial charge in [0.25, 0.3) is 0 Å². The van der Waals surface area contributed by atoms with E-state index in [2.05, 4.69) is 5.32 Å². The van der Waals surface area contributed by atoms with Gasteiger partial charge in [0.15, 0.2) is 0 Å². The summed E-state index contributed by atoms with van der Waals surface area (Å²) in [5, 5.41) is 3.20. The molecule has 1 aromatic heterocycles. The van der Waals surface area contributed by atoms with Crippen molar-refractivity contribution in [3.63, 3.8) is 0 Å². The predicted octanol–water partition coefficient (Wildman–Crippen LogP) is 4.51. The molecule has 1 atom stereocenters. The van der Waals surface area contributed by atoms with Crippen LogP contribution in [0.3, 0.4) is 0 Å². The van der Waals surface area contributed by atoms with Gasteiger partial charge in [0.05, 0.1) is 5.39 Å². The molecule has 0 fully saturated rings. The van der Waals surface area contributed by atoms with Gasteiger partial charge in [0.1, 0.15) is 23.0 Å². The Morgan fingerprint density at radius 3 is 2.40 bits per heavy atom. The Morgan fingerprint density at radius 1 is 1.17 bits per heavy atom. The molecule has 1 amide bonds. The number of hydrogen-bond acceptors (Lipinski definition) is 6. The maximum Gasteiger partial charge on any atom is 0.408 e. The van der Waals surface area contributed by atoms with Crippen molar-refractivity contribution in [2.45, 2.75) is 73.0 Å². The summed E-state index contributed by atoms with van der Waals surface area (Å²) in [4.78, 5) is 37.0. The van der Waals surface area contributed by atoms with Crippen molar-refractivity contribution in [1.82, 2.24) is 5.32 Å². The molecule has 0 aliphatic rings. The highest BCUT2D eigenvalue weighted by Crippen LogP contribution is 2.30. The molecular formula is C23H31NO6. The number of benzene rings is 1. The van der Waals surface area contributed by atoms with E-state index in [-0.39, 0.29) is 5.92 Å². The topological polar surface area (TPSA) is 94.8 Å². The Bertz CT molecular complexity index is 984. The van der Waals surface area contributed by atoms with Crippen molar-refractivity contribution >= 4 is 23.0 Å². The number of carbonyl (C=O) groups is 2. The van der Waals surface area contributed by atoms with Crippen molar-refractivity contribution in [2.24, 2.45) is 5.92 Å². The second kappa shape index (κ2) is 9.32. The van der Waals surface area contributed by atoms with Gasteiger partial charge in [-0.05, 0) is 69.7 Å². The number of aryl methyl sites for hydroxylation is 2. The van der Waals surface area contributed by atoms with E-state index < -0.39 is 29.3 Å². The summed E-state index contributed by atoms with van der Waals surface area (Å²) in [6.45, 7) is 12.9. The minimum atomic E-state index is -0.879. The molecule has 1 unspecified atom stereocenters. The van der Waals surface area contributed by atoms with Crippen LogP contribution in [0.1, 0.15) is 59.1 Å². The molecule has 7 heteroatoms. The van der Waals surface area contributed by atoms with Crippen LogP contribution < -0.4 is 15.7 Å². The number of amides is 1. The third-order valence-corrected chi connectivity index (χ3v) is 4.31. The van der Waals surface area contributed by atoms with Gasteiger partial charge in [-0.3, -0.25) is 0 Å². The SMILES string of the molecule is CCc1cc(=O)oc2cc(C)cc(OC(=O)C(CC(C)C)NC(=O)OC(C)(C)C)c12. The van der Waals surface area contributed by atoms with Crippen LogP contribution in [0.4, 0.5) is 4.79 Å². The van der Waals surface area contributed by atoms with Gasteiger partial charge in [0, 0.05) is 6.07 Å². The zero-order valence-electron chi connectivity index (χ0n) is 18.8. The van der Waals surface area contributed by atoms with Crippen LogP contribution in [0.5, 0.6) is 5.75 Å². The molecule has 0 aliphatic carbocycles. The molecule has 0 bridgehead atoms. The molecule has 0 spiro atoms. The minimum Gasteiger partial charge on any atom is -0.444 e. The summed E-state index contributed by atoms with van der Waals surface area (Å²) in [5.74, 6) is -0.166. The maximum atomic E-state index is 13.0. The first kappa shape index (κ1) is 23.4. The van der Waals surface area contributed by atoms with Crippen molar-refractivity contribution in [3.8, 4) is 5.75 Å². The predicted molar refractivity (Wildman–Crippen MR) is 115 cm³/mol. The standard InChI is InChI=1S/C23H31NO6/c1-8-15-12-19(25)28-17-10-14(4)11-18(20(15)17)29-21(26)16(9-13(2)3)24-22(27)30-23(5,6)7/h10-13,16H,8-9H2,1-7H3,(H,24,27). The molecule has 7 nitrogen and oxygen atoms in total. The van der Waals surface area contributed by atoms with Crippen LogP contribution in [-0.4, -0.2) is 23.7 Å². The smallest absolute Gasteiger partial charge is 0.408 e. The number of hydrogen-bond donors (Lipinski definition) is 1. The first-order valence-electron chi connectivity index (χ1n) is 10.2. The highest BCUT2D eigenvalue weighted by molar-refractivity contribution is 5.91. The lowest BCUT2D eigenvalue weighted by Crippen LogP contribution is -2.45. The van der Waals surface area contributed by atoms with E-state index in [1.807, 2.05) is 27.7 Å². The second-order valence-corrected chi connectivity index (χ2v) is 8.83. The fourth-order valence-corrected chi connectivity index (χ4v) is 3.14. The zero-order chi connectivity index (χ0) is 22.6. The molecule has 0 saturated carbocycles. The second-order valence-electron chi connectivity index (χ2n) is 8.83. The summed E-state index contributed by atoms with van der Waals surface area (Å²) in [6, 6.07) is 3.98. The number of nitrogens with one attached hydrogen (secondary N) is 1. The van der Waals surface area contributed by atoms with E-state index in [9.17, 15) is 14.4 Å². The lowest BCUT2D eigenvalue weighted by molar-refractivity contribution is -0.137. The zero-order valence-corrected chi connectivity index (χ0v) is 18.8. The fraction of sp³-hybridized carbons (Fsp3) is 0.522. The highest BCUT2D eigenvalue weighted by atomic mass is 16.6. The Morgan fingerprint density at radius 2 is 1.83 bits per heavy atom. The number of carbonyl (C=O) groups excluding carboxylic acids is 2. The van der Waals surface area contributed by atoms with Gasteiger partial charge in [-0.1, -0.05) is 20.8 Å². The van der Waals surface area contributed by atoms with Crippen LogP contribution in [0.15, 0.2) is 27.4 Å². The largest absolute Gasteiger partial charge is 0.444 e. The first-order chi connectivity index (χ1) is 13.9. The van der Waals surface area contributed by atoms with Crippen molar-refractivity contribution in [3.05, 3.63) is 39.7 Å².